The summed E-state index contributed by atoms with van der Waals surface area (Å²) in [5.74, 6) is -0.970. The SMILES string of the molecule is CCc1ccc(N(CC(=O)N(Cc2c(Cl)cccc2Cl)C(C)C(=O)NC(C)C)S(=O)(=O)c2ccccc2)cc1. The van der Waals surface area contributed by atoms with Gasteiger partial charge >= 0.3 is 0 Å². The van der Waals surface area contributed by atoms with Gasteiger partial charge in [0.1, 0.15) is 12.6 Å². The van der Waals surface area contributed by atoms with Crippen LogP contribution in [0.3, 0.4) is 0 Å². The van der Waals surface area contributed by atoms with Crippen LogP contribution in [0.4, 0.5) is 5.69 Å². The van der Waals surface area contributed by atoms with Gasteiger partial charge in [-0.05, 0) is 69.2 Å². The highest BCUT2D eigenvalue weighted by atomic mass is 35.5. The summed E-state index contributed by atoms with van der Waals surface area (Å²) < 4.78 is 28.7. The first-order valence-corrected chi connectivity index (χ1v) is 14.8. The normalized spacial score (nSPS) is 12.2. The van der Waals surface area contributed by atoms with E-state index in [1.165, 1.54) is 17.0 Å². The van der Waals surface area contributed by atoms with E-state index >= 15 is 0 Å². The predicted molar refractivity (Wildman–Crippen MR) is 157 cm³/mol. The van der Waals surface area contributed by atoms with Crippen molar-refractivity contribution in [2.75, 3.05) is 10.8 Å². The van der Waals surface area contributed by atoms with Crippen LogP contribution in [0.15, 0.2) is 77.7 Å². The third-order valence-electron chi connectivity index (χ3n) is 6.23. The molecule has 1 N–H and O–H groups in total. The van der Waals surface area contributed by atoms with Gasteiger partial charge < -0.3 is 10.2 Å². The molecule has 0 saturated heterocycles. The molecule has 0 aliphatic heterocycles. The van der Waals surface area contributed by atoms with E-state index in [-0.39, 0.29) is 23.4 Å². The maximum Gasteiger partial charge on any atom is 0.264 e. The van der Waals surface area contributed by atoms with Gasteiger partial charge in [0.15, 0.2) is 0 Å². The molecule has 39 heavy (non-hydrogen) atoms. The number of nitrogens with one attached hydrogen (secondary N) is 1. The molecule has 3 aromatic carbocycles. The number of anilines is 1. The monoisotopic (exact) mass is 589 g/mol. The number of rotatable bonds is 11. The molecule has 0 aromatic heterocycles. The predicted octanol–water partition coefficient (Wildman–Crippen LogP) is 5.69. The molecule has 0 bridgehead atoms. The molecule has 0 aliphatic carbocycles. The highest BCUT2D eigenvalue weighted by Crippen LogP contribution is 2.28. The zero-order valence-corrected chi connectivity index (χ0v) is 24.7. The minimum Gasteiger partial charge on any atom is -0.352 e. The average molecular weight is 591 g/mol. The molecule has 7 nitrogen and oxygen atoms in total. The van der Waals surface area contributed by atoms with E-state index in [0.717, 1.165) is 16.3 Å². The van der Waals surface area contributed by atoms with E-state index in [4.69, 9.17) is 23.2 Å². The Hall–Kier alpha value is -3.07. The number of hydrogen-bond acceptors (Lipinski definition) is 4. The van der Waals surface area contributed by atoms with Crippen LogP contribution in [-0.4, -0.2) is 43.8 Å². The fourth-order valence-electron chi connectivity index (χ4n) is 3.99. The number of carbonyl (C=O) groups excluding carboxylic acids is 2. The third-order valence-corrected chi connectivity index (χ3v) is 8.73. The Balaban J connectivity index is 2.06. The lowest BCUT2D eigenvalue weighted by Gasteiger charge is -2.32. The Morgan fingerprint density at radius 2 is 1.46 bits per heavy atom. The van der Waals surface area contributed by atoms with Crippen LogP contribution in [0, 0.1) is 0 Å². The molecule has 1 unspecified atom stereocenters. The van der Waals surface area contributed by atoms with Crippen molar-refractivity contribution in [3.8, 4) is 0 Å². The maximum atomic E-state index is 13.9. The number of halogens is 2. The number of carbonyl (C=O) groups is 2. The lowest BCUT2D eigenvalue weighted by molar-refractivity contribution is -0.139. The van der Waals surface area contributed by atoms with Crippen LogP contribution >= 0.6 is 23.2 Å². The van der Waals surface area contributed by atoms with Crippen molar-refractivity contribution in [3.05, 3.63) is 94.0 Å². The minimum atomic E-state index is -4.12. The number of hydrogen-bond donors (Lipinski definition) is 1. The Morgan fingerprint density at radius 3 is 2.00 bits per heavy atom. The highest BCUT2D eigenvalue weighted by molar-refractivity contribution is 7.92. The molecule has 3 rings (SSSR count). The number of amides is 2. The van der Waals surface area contributed by atoms with Crippen molar-refractivity contribution >= 4 is 50.7 Å². The van der Waals surface area contributed by atoms with Crippen LogP contribution in [0.2, 0.25) is 10.0 Å². The van der Waals surface area contributed by atoms with Crippen LogP contribution in [0.1, 0.15) is 38.8 Å². The zero-order chi connectivity index (χ0) is 28.7. The van der Waals surface area contributed by atoms with Crippen molar-refractivity contribution in [1.29, 1.82) is 0 Å². The molecule has 0 radical (unpaired) electrons. The summed E-state index contributed by atoms with van der Waals surface area (Å²) in [6, 6.07) is 18.8. The topological polar surface area (TPSA) is 86.8 Å². The Morgan fingerprint density at radius 1 is 0.872 bits per heavy atom. The number of sulfonamides is 1. The fraction of sp³-hybridized carbons (Fsp3) is 0.310. The minimum absolute atomic E-state index is 0.0451. The van der Waals surface area contributed by atoms with E-state index in [1.807, 2.05) is 32.9 Å². The van der Waals surface area contributed by atoms with Crippen molar-refractivity contribution in [3.63, 3.8) is 0 Å². The van der Waals surface area contributed by atoms with Gasteiger partial charge in [0.05, 0.1) is 10.6 Å². The number of nitrogens with zero attached hydrogens (tertiary/aromatic N) is 2. The van der Waals surface area contributed by atoms with Gasteiger partial charge in [0, 0.05) is 28.2 Å². The lowest BCUT2D eigenvalue weighted by Crippen LogP contribution is -2.52. The quantitative estimate of drug-likeness (QED) is 0.311. The molecular formula is C29H33Cl2N3O4S. The van der Waals surface area contributed by atoms with Crippen LogP contribution < -0.4 is 9.62 Å². The van der Waals surface area contributed by atoms with Crippen molar-refractivity contribution in [2.24, 2.45) is 0 Å². The van der Waals surface area contributed by atoms with Crippen molar-refractivity contribution < 1.29 is 18.0 Å². The standard InChI is InChI=1S/C29H33Cl2N3O4S/c1-5-22-14-16-23(17-15-22)34(39(37,38)24-10-7-6-8-11-24)19-28(35)33(21(4)29(36)32-20(2)3)18-25-26(30)12-9-13-27(25)31/h6-17,20-21H,5,18-19H2,1-4H3,(H,32,36). The van der Waals surface area contributed by atoms with Crippen molar-refractivity contribution in [2.45, 2.75) is 57.6 Å². The first kappa shape index (κ1) is 30.5. The number of aryl methyl sites for hydroxylation is 1. The molecule has 1 atom stereocenters. The van der Waals surface area contributed by atoms with Crippen LogP contribution in [0.25, 0.3) is 0 Å². The summed E-state index contributed by atoms with van der Waals surface area (Å²) in [5, 5.41) is 3.48. The smallest absolute Gasteiger partial charge is 0.264 e. The van der Waals surface area contributed by atoms with E-state index < -0.39 is 28.5 Å². The van der Waals surface area contributed by atoms with Gasteiger partial charge in [-0.3, -0.25) is 13.9 Å². The second-order valence-corrected chi connectivity index (χ2v) is 12.1. The summed E-state index contributed by atoms with van der Waals surface area (Å²) in [5.41, 5.74) is 1.82. The van der Waals surface area contributed by atoms with Gasteiger partial charge in [0.25, 0.3) is 10.0 Å². The number of benzene rings is 3. The summed E-state index contributed by atoms with van der Waals surface area (Å²) in [6.07, 6.45) is 0.777. The molecule has 0 heterocycles. The van der Waals surface area contributed by atoms with Gasteiger partial charge in [-0.15, -0.1) is 0 Å². The summed E-state index contributed by atoms with van der Waals surface area (Å²) >= 11 is 12.8. The lowest BCUT2D eigenvalue weighted by atomic mass is 10.1. The second kappa shape index (κ2) is 13.3. The van der Waals surface area contributed by atoms with Crippen LogP contribution in [0.5, 0.6) is 0 Å². The molecule has 208 valence electrons. The molecular weight excluding hydrogens is 557 g/mol. The second-order valence-electron chi connectivity index (χ2n) is 9.41. The van der Waals surface area contributed by atoms with Crippen LogP contribution in [-0.2, 0) is 32.6 Å². The molecule has 3 aromatic rings. The first-order valence-electron chi connectivity index (χ1n) is 12.6. The third kappa shape index (κ3) is 7.53. The van der Waals surface area contributed by atoms with E-state index in [0.29, 0.717) is 21.3 Å². The molecule has 0 fully saturated rings. The fourth-order valence-corrected chi connectivity index (χ4v) is 5.94. The summed E-state index contributed by atoms with van der Waals surface area (Å²) in [7, 11) is -4.12. The zero-order valence-electron chi connectivity index (χ0n) is 22.4. The maximum absolute atomic E-state index is 13.9. The Labute approximate surface area is 240 Å². The Bertz CT molecular complexity index is 1380. The van der Waals surface area contributed by atoms with Gasteiger partial charge in [-0.2, -0.15) is 0 Å². The van der Waals surface area contributed by atoms with E-state index in [2.05, 4.69) is 5.32 Å². The van der Waals surface area contributed by atoms with E-state index in [1.54, 1.807) is 55.5 Å². The Kier molecular flexibility index (Phi) is 10.4. The van der Waals surface area contributed by atoms with Gasteiger partial charge in [-0.1, -0.05) is 66.5 Å². The molecule has 0 saturated carbocycles. The van der Waals surface area contributed by atoms with E-state index in [9.17, 15) is 18.0 Å². The first-order chi connectivity index (χ1) is 18.4. The van der Waals surface area contributed by atoms with Gasteiger partial charge in [0.2, 0.25) is 11.8 Å². The molecule has 10 heteroatoms. The summed E-state index contributed by atoms with van der Waals surface area (Å²) in [4.78, 5) is 28.3. The van der Waals surface area contributed by atoms with Crippen molar-refractivity contribution in [1.82, 2.24) is 10.2 Å². The molecule has 0 aliphatic rings. The largest absolute Gasteiger partial charge is 0.352 e. The highest BCUT2D eigenvalue weighted by Gasteiger charge is 2.33. The average Bonchev–Trinajstić information content (AvgIpc) is 2.91. The summed E-state index contributed by atoms with van der Waals surface area (Å²) in [6.45, 7) is 6.60. The van der Waals surface area contributed by atoms with Gasteiger partial charge in [-0.25, -0.2) is 8.42 Å². The molecule has 2 amide bonds. The molecule has 0 spiro atoms.